The Labute approximate surface area is 158 Å². The molecule has 142 valence electrons. The number of ether oxygens (including phenoxy) is 2. The Morgan fingerprint density at radius 3 is 1.65 bits per heavy atom. The van der Waals surface area contributed by atoms with Crippen molar-refractivity contribution >= 4 is 19.4 Å². The second-order valence-corrected chi connectivity index (χ2v) is 6.90. The van der Waals surface area contributed by atoms with Gasteiger partial charge >= 0.3 is 7.82 Å². The predicted molar refractivity (Wildman–Crippen MR) is 100 cm³/mol. The van der Waals surface area contributed by atoms with Crippen molar-refractivity contribution in [3.63, 3.8) is 0 Å². The number of phosphoric ester groups is 1. The summed E-state index contributed by atoms with van der Waals surface area (Å²) in [7, 11) is -3.86. The fourth-order valence-electron chi connectivity index (χ4n) is 1.88. The SMILES string of the molecule is O=P(OCCOCCOCCCl)(Oc1ccccc1)Oc1ccccc1. The van der Waals surface area contributed by atoms with Crippen LogP contribution in [0.2, 0.25) is 0 Å². The molecule has 8 heteroatoms. The van der Waals surface area contributed by atoms with Crippen molar-refractivity contribution in [1.82, 2.24) is 0 Å². The van der Waals surface area contributed by atoms with E-state index in [0.717, 1.165) is 0 Å². The van der Waals surface area contributed by atoms with E-state index in [1.54, 1.807) is 48.5 Å². The van der Waals surface area contributed by atoms with Crippen LogP contribution in [0.25, 0.3) is 0 Å². The van der Waals surface area contributed by atoms with E-state index in [-0.39, 0.29) is 13.2 Å². The zero-order valence-electron chi connectivity index (χ0n) is 14.3. The van der Waals surface area contributed by atoms with E-state index in [1.807, 2.05) is 12.1 Å². The van der Waals surface area contributed by atoms with Gasteiger partial charge in [0.15, 0.2) is 0 Å². The van der Waals surface area contributed by atoms with Crippen molar-refractivity contribution in [3.8, 4) is 11.5 Å². The van der Waals surface area contributed by atoms with Crippen molar-refractivity contribution in [2.45, 2.75) is 0 Å². The minimum atomic E-state index is -3.86. The van der Waals surface area contributed by atoms with Gasteiger partial charge in [-0.2, -0.15) is 0 Å². The summed E-state index contributed by atoms with van der Waals surface area (Å²) in [5, 5.41) is 0. The summed E-state index contributed by atoms with van der Waals surface area (Å²) < 4.78 is 39.9. The molecule has 2 rings (SSSR count). The summed E-state index contributed by atoms with van der Waals surface area (Å²) in [6.45, 7) is 1.58. The maximum atomic E-state index is 13.0. The molecular formula is C18H22ClO6P. The molecule has 0 fully saturated rings. The Morgan fingerprint density at radius 1 is 0.692 bits per heavy atom. The number of benzene rings is 2. The number of phosphoric acid groups is 1. The first kappa shape index (κ1) is 20.7. The molecule has 0 aliphatic carbocycles. The van der Waals surface area contributed by atoms with E-state index in [4.69, 9.17) is 34.6 Å². The Hall–Kier alpha value is -1.56. The molecule has 26 heavy (non-hydrogen) atoms. The molecule has 0 atom stereocenters. The molecule has 0 aliphatic heterocycles. The summed E-state index contributed by atoms with van der Waals surface area (Å²) in [6.07, 6.45) is 0. The highest BCUT2D eigenvalue weighted by Gasteiger charge is 2.30. The van der Waals surface area contributed by atoms with Crippen molar-refractivity contribution < 1.29 is 27.6 Å². The molecule has 2 aromatic rings. The van der Waals surface area contributed by atoms with Crippen molar-refractivity contribution in [2.24, 2.45) is 0 Å². The van der Waals surface area contributed by atoms with E-state index in [9.17, 15) is 4.57 Å². The lowest BCUT2D eigenvalue weighted by molar-refractivity contribution is 0.0373. The molecule has 0 unspecified atom stereocenters. The lowest BCUT2D eigenvalue weighted by atomic mass is 10.3. The van der Waals surface area contributed by atoms with Crippen LogP contribution in [0.1, 0.15) is 0 Å². The van der Waals surface area contributed by atoms with E-state index in [1.165, 1.54) is 0 Å². The molecule has 0 aliphatic rings. The van der Waals surface area contributed by atoms with Crippen LogP contribution in [-0.4, -0.2) is 38.9 Å². The van der Waals surface area contributed by atoms with Crippen LogP contribution in [0, 0.1) is 0 Å². The standard InChI is InChI=1S/C18H22ClO6P/c19-11-12-21-13-14-22-15-16-23-26(20,24-17-7-3-1-4-8-17)25-18-9-5-2-6-10-18/h1-10H,11-16H2. The Balaban J connectivity index is 1.85. The first-order valence-electron chi connectivity index (χ1n) is 8.17. The van der Waals surface area contributed by atoms with E-state index >= 15 is 0 Å². The van der Waals surface area contributed by atoms with E-state index < -0.39 is 7.82 Å². The number of hydrogen-bond donors (Lipinski definition) is 0. The molecule has 0 heterocycles. The molecule has 6 nitrogen and oxygen atoms in total. The number of hydrogen-bond acceptors (Lipinski definition) is 6. The van der Waals surface area contributed by atoms with Gasteiger partial charge in [-0.25, -0.2) is 4.57 Å². The van der Waals surface area contributed by atoms with Crippen LogP contribution in [0.5, 0.6) is 11.5 Å². The van der Waals surface area contributed by atoms with Crippen LogP contribution >= 0.6 is 19.4 Å². The third-order valence-corrected chi connectivity index (χ3v) is 4.51. The maximum absolute atomic E-state index is 13.0. The van der Waals surface area contributed by atoms with Gasteiger partial charge in [0.2, 0.25) is 0 Å². The second kappa shape index (κ2) is 11.9. The first-order chi connectivity index (χ1) is 12.7. The topological polar surface area (TPSA) is 63.2 Å². The molecule has 0 N–H and O–H groups in total. The monoisotopic (exact) mass is 400 g/mol. The lowest BCUT2D eigenvalue weighted by Crippen LogP contribution is -2.12. The van der Waals surface area contributed by atoms with Crippen molar-refractivity contribution in [3.05, 3.63) is 60.7 Å². The fourth-order valence-corrected chi connectivity index (χ4v) is 3.19. The highest BCUT2D eigenvalue weighted by Crippen LogP contribution is 2.49. The summed E-state index contributed by atoms with van der Waals surface area (Å²) in [5.41, 5.74) is 0. The Kier molecular flexibility index (Phi) is 9.53. The number of rotatable bonds is 13. The minimum Gasteiger partial charge on any atom is -0.395 e. The maximum Gasteiger partial charge on any atom is 0.587 e. The largest absolute Gasteiger partial charge is 0.587 e. The highest BCUT2D eigenvalue weighted by molar-refractivity contribution is 7.49. The normalized spacial score (nSPS) is 11.3. The number of alkyl halides is 1. The van der Waals surface area contributed by atoms with E-state index in [2.05, 4.69) is 0 Å². The second-order valence-electron chi connectivity index (χ2n) is 5.00. The van der Waals surface area contributed by atoms with Gasteiger partial charge in [-0.1, -0.05) is 36.4 Å². The summed E-state index contributed by atoms with van der Waals surface area (Å²) in [5.74, 6) is 1.23. The van der Waals surface area contributed by atoms with E-state index in [0.29, 0.717) is 37.2 Å². The van der Waals surface area contributed by atoms with Gasteiger partial charge in [0.1, 0.15) is 11.5 Å². The minimum absolute atomic E-state index is 0.0481. The van der Waals surface area contributed by atoms with Gasteiger partial charge < -0.3 is 18.5 Å². The van der Waals surface area contributed by atoms with Gasteiger partial charge in [0.05, 0.1) is 33.0 Å². The van der Waals surface area contributed by atoms with Gasteiger partial charge in [-0.3, -0.25) is 4.52 Å². The summed E-state index contributed by atoms with van der Waals surface area (Å²) in [4.78, 5) is 0. The average Bonchev–Trinajstić information content (AvgIpc) is 2.65. The fraction of sp³-hybridized carbons (Fsp3) is 0.333. The highest BCUT2D eigenvalue weighted by atomic mass is 35.5. The Morgan fingerprint density at radius 2 is 1.15 bits per heavy atom. The Bertz CT molecular complexity index is 610. The predicted octanol–water partition coefficient (Wildman–Crippen LogP) is 4.54. The molecule has 0 saturated heterocycles. The molecule has 0 saturated carbocycles. The van der Waals surface area contributed by atoms with Gasteiger partial charge in [0, 0.05) is 5.88 Å². The smallest absolute Gasteiger partial charge is 0.395 e. The molecule has 0 radical (unpaired) electrons. The first-order valence-corrected chi connectivity index (χ1v) is 10.2. The third-order valence-electron chi connectivity index (χ3n) is 2.99. The van der Waals surface area contributed by atoms with Crippen LogP contribution < -0.4 is 9.05 Å². The van der Waals surface area contributed by atoms with Crippen LogP contribution in [0.15, 0.2) is 60.7 Å². The van der Waals surface area contributed by atoms with Crippen molar-refractivity contribution in [1.29, 1.82) is 0 Å². The molecule has 0 spiro atoms. The quantitative estimate of drug-likeness (QED) is 0.279. The summed E-state index contributed by atoms with van der Waals surface area (Å²) >= 11 is 5.50. The summed E-state index contributed by atoms with van der Waals surface area (Å²) in [6, 6.07) is 17.4. The molecular weight excluding hydrogens is 379 g/mol. The zero-order valence-corrected chi connectivity index (χ0v) is 15.9. The molecule has 0 aromatic heterocycles. The molecule has 0 amide bonds. The zero-order chi connectivity index (χ0) is 18.5. The average molecular weight is 401 g/mol. The van der Waals surface area contributed by atoms with Crippen LogP contribution in [0.3, 0.4) is 0 Å². The molecule has 2 aromatic carbocycles. The van der Waals surface area contributed by atoms with Crippen LogP contribution in [-0.2, 0) is 18.6 Å². The number of para-hydroxylation sites is 2. The molecule has 0 bridgehead atoms. The number of halogens is 1. The lowest BCUT2D eigenvalue weighted by Gasteiger charge is -2.19. The van der Waals surface area contributed by atoms with Crippen molar-refractivity contribution in [2.75, 3.05) is 38.9 Å². The van der Waals surface area contributed by atoms with Gasteiger partial charge in [-0.15, -0.1) is 11.6 Å². The van der Waals surface area contributed by atoms with Gasteiger partial charge in [0.25, 0.3) is 0 Å². The van der Waals surface area contributed by atoms with Gasteiger partial charge in [-0.05, 0) is 24.3 Å². The third kappa shape index (κ3) is 8.21. The van der Waals surface area contributed by atoms with Crippen LogP contribution in [0.4, 0.5) is 0 Å².